The fourth-order valence-electron chi connectivity index (χ4n) is 2.66. The maximum Gasteiger partial charge on any atom is 0.321 e. The van der Waals surface area contributed by atoms with E-state index < -0.39 is 12.0 Å². The monoisotopic (exact) mass is 325 g/mol. The zero-order valence-electron chi connectivity index (χ0n) is 14.8. The summed E-state index contributed by atoms with van der Waals surface area (Å²) in [6.45, 7) is 7.25. The first kappa shape index (κ1) is 18.2. The normalized spacial score (nSPS) is 12.8. The van der Waals surface area contributed by atoms with Crippen LogP contribution in [0.1, 0.15) is 37.5 Å². The third-order valence-electron chi connectivity index (χ3n) is 4.21. The minimum absolute atomic E-state index is 0.154. The van der Waals surface area contributed by atoms with Crippen LogP contribution in [0.5, 0.6) is 0 Å². The van der Waals surface area contributed by atoms with Crippen LogP contribution < -0.4 is 5.32 Å². The largest absolute Gasteiger partial charge is 0.480 e. The predicted molar refractivity (Wildman–Crippen MR) is 98.4 cm³/mol. The average Bonchev–Trinajstić information content (AvgIpc) is 2.54. The SMILES string of the molecule is CC(C)(C)c1ccc(CCN[C@@H](Cc2ccccc2)C(=O)O)cc1. The molecule has 0 unspecified atom stereocenters. The van der Waals surface area contributed by atoms with Crippen LogP contribution in [0.15, 0.2) is 54.6 Å². The Kier molecular flexibility index (Phi) is 6.16. The highest BCUT2D eigenvalue weighted by molar-refractivity contribution is 5.73. The van der Waals surface area contributed by atoms with Gasteiger partial charge >= 0.3 is 5.97 Å². The first-order valence-electron chi connectivity index (χ1n) is 8.46. The topological polar surface area (TPSA) is 49.3 Å². The Balaban J connectivity index is 1.87. The molecule has 2 aromatic carbocycles. The summed E-state index contributed by atoms with van der Waals surface area (Å²) in [5, 5.41) is 12.6. The summed E-state index contributed by atoms with van der Waals surface area (Å²) in [7, 11) is 0. The van der Waals surface area contributed by atoms with E-state index in [1.165, 1.54) is 11.1 Å². The highest BCUT2D eigenvalue weighted by atomic mass is 16.4. The number of hydrogen-bond donors (Lipinski definition) is 2. The third-order valence-corrected chi connectivity index (χ3v) is 4.21. The first-order valence-corrected chi connectivity index (χ1v) is 8.46. The number of hydrogen-bond acceptors (Lipinski definition) is 2. The molecule has 0 fully saturated rings. The number of carboxylic acids is 1. The molecule has 0 heterocycles. The van der Waals surface area contributed by atoms with E-state index in [-0.39, 0.29) is 5.41 Å². The number of carbonyl (C=O) groups is 1. The summed E-state index contributed by atoms with van der Waals surface area (Å²) in [6.07, 6.45) is 1.32. The Morgan fingerprint density at radius 1 is 1.00 bits per heavy atom. The molecule has 0 radical (unpaired) electrons. The fraction of sp³-hybridized carbons (Fsp3) is 0.381. The molecule has 1 atom stereocenters. The molecule has 2 aromatic rings. The second kappa shape index (κ2) is 8.11. The molecule has 0 aliphatic carbocycles. The summed E-state index contributed by atoms with van der Waals surface area (Å²) in [6, 6.07) is 17.8. The van der Waals surface area contributed by atoms with Crippen molar-refractivity contribution in [3.63, 3.8) is 0 Å². The lowest BCUT2D eigenvalue weighted by molar-refractivity contribution is -0.139. The highest BCUT2D eigenvalue weighted by Gasteiger charge is 2.17. The summed E-state index contributed by atoms with van der Waals surface area (Å²) >= 11 is 0. The van der Waals surface area contributed by atoms with Crippen molar-refractivity contribution in [2.75, 3.05) is 6.54 Å². The zero-order chi connectivity index (χ0) is 17.6. The van der Waals surface area contributed by atoms with E-state index in [9.17, 15) is 9.90 Å². The molecule has 0 bridgehead atoms. The number of benzene rings is 2. The molecule has 0 spiro atoms. The molecule has 3 heteroatoms. The average molecular weight is 325 g/mol. The van der Waals surface area contributed by atoms with Crippen LogP contribution in [-0.4, -0.2) is 23.7 Å². The Hall–Kier alpha value is -2.13. The quantitative estimate of drug-likeness (QED) is 0.814. The van der Waals surface area contributed by atoms with E-state index >= 15 is 0 Å². The van der Waals surface area contributed by atoms with Crippen LogP contribution in [0.25, 0.3) is 0 Å². The van der Waals surface area contributed by atoms with Crippen LogP contribution in [0.2, 0.25) is 0 Å². The van der Waals surface area contributed by atoms with Crippen molar-refractivity contribution in [2.24, 2.45) is 0 Å². The smallest absolute Gasteiger partial charge is 0.321 e. The fourth-order valence-corrected chi connectivity index (χ4v) is 2.66. The van der Waals surface area contributed by atoms with E-state index in [1.807, 2.05) is 30.3 Å². The van der Waals surface area contributed by atoms with Gasteiger partial charge < -0.3 is 10.4 Å². The van der Waals surface area contributed by atoms with Gasteiger partial charge in [-0.05, 0) is 41.5 Å². The lowest BCUT2D eigenvalue weighted by Crippen LogP contribution is -2.39. The number of nitrogens with one attached hydrogen (secondary N) is 1. The van der Waals surface area contributed by atoms with Gasteiger partial charge in [0, 0.05) is 0 Å². The van der Waals surface area contributed by atoms with Crippen molar-refractivity contribution in [1.82, 2.24) is 5.32 Å². The predicted octanol–water partition coefficient (Wildman–Crippen LogP) is 3.81. The molecule has 2 rings (SSSR count). The molecular weight excluding hydrogens is 298 g/mol. The Labute approximate surface area is 144 Å². The second-order valence-corrected chi connectivity index (χ2v) is 7.23. The van der Waals surface area contributed by atoms with E-state index in [4.69, 9.17) is 0 Å². The first-order chi connectivity index (χ1) is 11.4. The number of carboxylic acid groups (broad SMARTS) is 1. The van der Waals surface area contributed by atoms with E-state index in [1.54, 1.807) is 0 Å². The number of aliphatic carboxylic acids is 1. The maximum atomic E-state index is 11.4. The summed E-state index contributed by atoms with van der Waals surface area (Å²) < 4.78 is 0. The van der Waals surface area contributed by atoms with Crippen molar-refractivity contribution in [1.29, 1.82) is 0 Å². The Bertz CT molecular complexity index is 642. The minimum atomic E-state index is -0.804. The third kappa shape index (κ3) is 5.50. The minimum Gasteiger partial charge on any atom is -0.480 e. The lowest BCUT2D eigenvalue weighted by Gasteiger charge is -2.19. The van der Waals surface area contributed by atoms with Gasteiger partial charge in [-0.25, -0.2) is 0 Å². The Morgan fingerprint density at radius 3 is 2.17 bits per heavy atom. The van der Waals surface area contributed by atoms with Gasteiger partial charge in [0.15, 0.2) is 0 Å². The van der Waals surface area contributed by atoms with Crippen molar-refractivity contribution in [2.45, 2.75) is 45.1 Å². The summed E-state index contributed by atoms with van der Waals surface area (Å²) in [5.74, 6) is -0.804. The van der Waals surface area contributed by atoms with Crippen molar-refractivity contribution in [3.05, 3.63) is 71.3 Å². The van der Waals surface area contributed by atoms with Crippen molar-refractivity contribution < 1.29 is 9.90 Å². The van der Waals surface area contributed by atoms with Crippen LogP contribution in [0.3, 0.4) is 0 Å². The van der Waals surface area contributed by atoms with Crippen LogP contribution >= 0.6 is 0 Å². The van der Waals surface area contributed by atoms with Crippen LogP contribution in [0, 0.1) is 0 Å². The standard InChI is InChI=1S/C21H27NO2/c1-21(2,3)18-11-9-16(10-12-18)13-14-22-19(20(23)24)15-17-7-5-4-6-8-17/h4-12,19,22H,13-15H2,1-3H3,(H,23,24)/t19-/m0/s1. The van der Waals surface area contributed by atoms with E-state index in [0.717, 1.165) is 12.0 Å². The molecule has 0 amide bonds. The zero-order valence-corrected chi connectivity index (χ0v) is 14.8. The lowest BCUT2D eigenvalue weighted by atomic mass is 9.86. The van der Waals surface area contributed by atoms with Crippen molar-refractivity contribution in [3.8, 4) is 0 Å². The van der Waals surface area contributed by atoms with Gasteiger partial charge in [-0.2, -0.15) is 0 Å². The molecule has 0 saturated carbocycles. The van der Waals surface area contributed by atoms with Gasteiger partial charge in [0.05, 0.1) is 0 Å². The van der Waals surface area contributed by atoms with Crippen LogP contribution in [-0.2, 0) is 23.1 Å². The summed E-state index contributed by atoms with van der Waals surface area (Å²) in [4.78, 5) is 11.4. The molecule has 0 saturated heterocycles. The van der Waals surface area contributed by atoms with Gasteiger partial charge in [0.25, 0.3) is 0 Å². The maximum absolute atomic E-state index is 11.4. The molecule has 0 aliphatic rings. The molecule has 3 nitrogen and oxygen atoms in total. The Morgan fingerprint density at radius 2 is 1.62 bits per heavy atom. The van der Waals surface area contributed by atoms with E-state index in [2.05, 4.69) is 50.4 Å². The van der Waals surface area contributed by atoms with E-state index in [0.29, 0.717) is 13.0 Å². The molecule has 128 valence electrons. The molecule has 2 N–H and O–H groups in total. The van der Waals surface area contributed by atoms with Gasteiger partial charge in [-0.3, -0.25) is 4.79 Å². The highest BCUT2D eigenvalue weighted by Crippen LogP contribution is 2.22. The molecule has 0 aromatic heterocycles. The molecular formula is C21H27NO2. The van der Waals surface area contributed by atoms with Gasteiger partial charge in [0.2, 0.25) is 0 Å². The molecule has 24 heavy (non-hydrogen) atoms. The number of rotatable bonds is 7. The van der Waals surface area contributed by atoms with Crippen molar-refractivity contribution >= 4 is 5.97 Å². The van der Waals surface area contributed by atoms with Crippen LogP contribution in [0.4, 0.5) is 0 Å². The van der Waals surface area contributed by atoms with Gasteiger partial charge in [-0.1, -0.05) is 75.4 Å². The molecule has 0 aliphatic heterocycles. The summed E-state index contributed by atoms with van der Waals surface area (Å²) in [5.41, 5.74) is 3.72. The second-order valence-electron chi connectivity index (χ2n) is 7.23. The van der Waals surface area contributed by atoms with Gasteiger partial charge in [0.1, 0.15) is 6.04 Å². The van der Waals surface area contributed by atoms with Gasteiger partial charge in [-0.15, -0.1) is 0 Å².